The second kappa shape index (κ2) is 7.04. The van der Waals surface area contributed by atoms with Gasteiger partial charge in [0.2, 0.25) is 5.95 Å². The van der Waals surface area contributed by atoms with Gasteiger partial charge in [-0.2, -0.15) is 0 Å². The second-order valence-corrected chi connectivity index (χ2v) is 5.24. The van der Waals surface area contributed by atoms with Gasteiger partial charge in [-0.1, -0.05) is 18.2 Å². The monoisotopic (exact) mass is 286 g/mol. The van der Waals surface area contributed by atoms with Gasteiger partial charge < -0.3 is 15.4 Å². The number of anilines is 1. The maximum atomic E-state index is 5.78. The SMILES string of the molecule is COc1ccccc1CN(C)c1ncc(CC(C)N)cn1. The largest absolute Gasteiger partial charge is 0.496 e. The molecule has 1 heterocycles. The van der Waals surface area contributed by atoms with Crippen LogP contribution in [0.2, 0.25) is 0 Å². The zero-order valence-corrected chi connectivity index (χ0v) is 12.8. The number of aromatic nitrogens is 2. The highest BCUT2D eigenvalue weighted by Crippen LogP contribution is 2.20. The van der Waals surface area contributed by atoms with E-state index in [4.69, 9.17) is 10.5 Å². The minimum atomic E-state index is 0.116. The predicted molar refractivity (Wildman–Crippen MR) is 84.5 cm³/mol. The fraction of sp³-hybridized carbons (Fsp3) is 0.375. The lowest BCUT2D eigenvalue weighted by Crippen LogP contribution is -2.21. The smallest absolute Gasteiger partial charge is 0.225 e. The highest BCUT2D eigenvalue weighted by atomic mass is 16.5. The Morgan fingerprint density at radius 1 is 1.24 bits per heavy atom. The fourth-order valence-electron chi connectivity index (χ4n) is 2.18. The maximum absolute atomic E-state index is 5.78. The van der Waals surface area contributed by atoms with Gasteiger partial charge in [0.15, 0.2) is 0 Å². The summed E-state index contributed by atoms with van der Waals surface area (Å²) in [6, 6.07) is 8.07. The third kappa shape index (κ3) is 4.16. The lowest BCUT2D eigenvalue weighted by atomic mass is 10.1. The van der Waals surface area contributed by atoms with Crippen molar-refractivity contribution in [2.75, 3.05) is 19.1 Å². The molecular formula is C16H22N4O. The van der Waals surface area contributed by atoms with Gasteiger partial charge in [0.1, 0.15) is 5.75 Å². The number of rotatable bonds is 6. The molecular weight excluding hydrogens is 264 g/mol. The lowest BCUT2D eigenvalue weighted by molar-refractivity contribution is 0.409. The van der Waals surface area contributed by atoms with Gasteiger partial charge in [0.25, 0.3) is 0 Å². The van der Waals surface area contributed by atoms with Crippen LogP contribution in [0.4, 0.5) is 5.95 Å². The molecule has 1 atom stereocenters. The molecule has 112 valence electrons. The molecule has 0 amide bonds. The van der Waals surface area contributed by atoms with Crippen molar-refractivity contribution in [1.29, 1.82) is 0 Å². The van der Waals surface area contributed by atoms with Crippen LogP contribution in [-0.4, -0.2) is 30.2 Å². The quantitative estimate of drug-likeness (QED) is 0.880. The van der Waals surface area contributed by atoms with E-state index in [-0.39, 0.29) is 6.04 Å². The number of benzene rings is 1. The van der Waals surface area contributed by atoms with Gasteiger partial charge >= 0.3 is 0 Å². The molecule has 0 aliphatic carbocycles. The molecule has 0 fully saturated rings. The van der Waals surface area contributed by atoms with Gasteiger partial charge in [0, 0.05) is 37.6 Å². The molecule has 2 rings (SSSR count). The highest BCUT2D eigenvalue weighted by molar-refractivity contribution is 5.38. The van der Waals surface area contributed by atoms with E-state index in [9.17, 15) is 0 Å². The molecule has 21 heavy (non-hydrogen) atoms. The summed E-state index contributed by atoms with van der Waals surface area (Å²) in [5.41, 5.74) is 7.93. The van der Waals surface area contributed by atoms with E-state index in [1.807, 2.05) is 55.5 Å². The summed E-state index contributed by atoms with van der Waals surface area (Å²) in [6.45, 7) is 2.67. The van der Waals surface area contributed by atoms with E-state index in [1.165, 1.54) is 0 Å². The van der Waals surface area contributed by atoms with Crippen LogP contribution < -0.4 is 15.4 Å². The summed E-state index contributed by atoms with van der Waals surface area (Å²) in [5.74, 6) is 1.56. The van der Waals surface area contributed by atoms with Crippen molar-refractivity contribution in [1.82, 2.24) is 9.97 Å². The standard InChI is InChI=1S/C16H22N4O/c1-12(17)8-13-9-18-16(19-10-13)20(2)11-14-6-4-5-7-15(14)21-3/h4-7,9-10,12H,8,11,17H2,1-3H3. The van der Waals surface area contributed by atoms with Gasteiger partial charge in [0.05, 0.1) is 7.11 Å². The van der Waals surface area contributed by atoms with Gasteiger partial charge in [-0.05, 0) is 25.0 Å². The van der Waals surface area contributed by atoms with Crippen molar-refractivity contribution in [2.45, 2.75) is 25.9 Å². The van der Waals surface area contributed by atoms with Crippen molar-refractivity contribution in [3.63, 3.8) is 0 Å². The average molecular weight is 286 g/mol. The Labute approximate surface area is 125 Å². The van der Waals surface area contributed by atoms with Crippen LogP contribution in [0.1, 0.15) is 18.1 Å². The summed E-state index contributed by atoms with van der Waals surface area (Å²) in [6.07, 6.45) is 4.46. The Morgan fingerprint density at radius 3 is 2.52 bits per heavy atom. The molecule has 0 spiro atoms. The van der Waals surface area contributed by atoms with E-state index < -0.39 is 0 Å². The Bertz CT molecular complexity index is 569. The number of hydrogen-bond donors (Lipinski definition) is 1. The number of ether oxygens (including phenoxy) is 1. The lowest BCUT2D eigenvalue weighted by Gasteiger charge is -2.18. The topological polar surface area (TPSA) is 64.3 Å². The molecule has 2 N–H and O–H groups in total. The summed E-state index contributed by atoms with van der Waals surface area (Å²) in [7, 11) is 3.64. The van der Waals surface area contributed by atoms with Crippen LogP contribution in [0.5, 0.6) is 5.75 Å². The molecule has 0 bridgehead atoms. The zero-order valence-electron chi connectivity index (χ0n) is 12.8. The first-order valence-corrected chi connectivity index (χ1v) is 6.99. The molecule has 0 aliphatic rings. The third-order valence-electron chi connectivity index (χ3n) is 3.19. The third-order valence-corrected chi connectivity index (χ3v) is 3.19. The van der Waals surface area contributed by atoms with Gasteiger partial charge in [-0.3, -0.25) is 0 Å². The summed E-state index contributed by atoms with van der Waals surface area (Å²) >= 11 is 0. The minimum Gasteiger partial charge on any atom is -0.496 e. The molecule has 0 saturated carbocycles. The molecule has 0 saturated heterocycles. The van der Waals surface area contributed by atoms with Crippen LogP contribution in [0.3, 0.4) is 0 Å². The van der Waals surface area contributed by atoms with Gasteiger partial charge in [-0.15, -0.1) is 0 Å². The first-order chi connectivity index (χ1) is 10.1. The number of nitrogens with zero attached hydrogens (tertiary/aromatic N) is 3. The number of nitrogens with two attached hydrogens (primary N) is 1. The molecule has 1 unspecified atom stereocenters. The normalized spacial score (nSPS) is 12.0. The number of hydrogen-bond acceptors (Lipinski definition) is 5. The number of para-hydroxylation sites is 1. The van der Waals surface area contributed by atoms with E-state index in [2.05, 4.69) is 9.97 Å². The van der Waals surface area contributed by atoms with E-state index in [0.29, 0.717) is 12.5 Å². The van der Waals surface area contributed by atoms with E-state index >= 15 is 0 Å². The van der Waals surface area contributed by atoms with E-state index in [1.54, 1.807) is 7.11 Å². The maximum Gasteiger partial charge on any atom is 0.225 e. The summed E-state index contributed by atoms with van der Waals surface area (Å²) < 4.78 is 5.36. The van der Waals surface area contributed by atoms with Crippen LogP contribution in [0, 0.1) is 0 Å². The molecule has 0 radical (unpaired) electrons. The Morgan fingerprint density at radius 2 is 1.90 bits per heavy atom. The highest BCUT2D eigenvalue weighted by Gasteiger charge is 2.09. The van der Waals surface area contributed by atoms with E-state index in [0.717, 1.165) is 23.3 Å². The van der Waals surface area contributed by atoms with Crippen LogP contribution in [0.25, 0.3) is 0 Å². The predicted octanol–water partition coefficient (Wildman–Crippen LogP) is 2.01. The molecule has 1 aromatic carbocycles. The second-order valence-electron chi connectivity index (χ2n) is 5.24. The zero-order chi connectivity index (χ0) is 15.2. The van der Waals surface area contributed by atoms with Crippen molar-refractivity contribution in [3.05, 3.63) is 47.8 Å². The summed E-state index contributed by atoms with van der Waals surface area (Å²) in [4.78, 5) is 10.8. The average Bonchev–Trinajstić information content (AvgIpc) is 2.48. The molecule has 5 heteroatoms. The summed E-state index contributed by atoms with van der Waals surface area (Å²) in [5, 5.41) is 0. The fourth-order valence-corrected chi connectivity index (χ4v) is 2.18. The first-order valence-electron chi connectivity index (χ1n) is 6.99. The van der Waals surface area contributed by atoms with Crippen LogP contribution >= 0.6 is 0 Å². The first kappa shape index (κ1) is 15.3. The van der Waals surface area contributed by atoms with Crippen molar-refractivity contribution >= 4 is 5.95 Å². The molecule has 1 aromatic heterocycles. The number of methoxy groups -OCH3 is 1. The molecule has 0 aliphatic heterocycles. The molecule has 2 aromatic rings. The Kier molecular flexibility index (Phi) is 5.11. The Balaban J connectivity index is 2.07. The van der Waals surface area contributed by atoms with Crippen molar-refractivity contribution in [2.24, 2.45) is 5.73 Å². The van der Waals surface area contributed by atoms with Crippen LogP contribution in [-0.2, 0) is 13.0 Å². The van der Waals surface area contributed by atoms with Crippen molar-refractivity contribution in [3.8, 4) is 5.75 Å². The van der Waals surface area contributed by atoms with Crippen LogP contribution in [0.15, 0.2) is 36.7 Å². The minimum absolute atomic E-state index is 0.116. The Hall–Kier alpha value is -2.14. The van der Waals surface area contributed by atoms with Gasteiger partial charge in [-0.25, -0.2) is 9.97 Å². The molecule has 5 nitrogen and oxygen atoms in total. The van der Waals surface area contributed by atoms with Crippen molar-refractivity contribution < 1.29 is 4.74 Å².